The average Bonchev–Trinajstić information content (AvgIpc) is 3.39. The van der Waals surface area contributed by atoms with Crippen LogP contribution >= 0.6 is 11.3 Å². The number of esters is 1. The minimum atomic E-state index is -0.665. The van der Waals surface area contributed by atoms with Gasteiger partial charge in [0.05, 0.1) is 22.7 Å². The summed E-state index contributed by atoms with van der Waals surface area (Å²) in [5.41, 5.74) is 1.51. The molecule has 0 fully saturated rings. The molecule has 0 saturated heterocycles. The van der Waals surface area contributed by atoms with Crippen molar-refractivity contribution in [1.29, 1.82) is 0 Å². The van der Waals surface area contributed by atoms with Crippen LogP contribution in [0.5, 0.6) is 0 Å². The number of non-ortho nitro benzene ring substituents is 1. The van der Waals surface area contributed by atoms with Gasteiger partial charge >= 0.3 is 5.97 Å². The standard InChI is InChI=1S/C25H21N3O7S/c1-2-35-25(32)21-19(15-7-5-8-16(13-15)28(33)34)14-36-22(21)26-20(29)11-6-12-27-23(30)17-9-3-4-10-18(17)24(27)31/h3-5,7-10,13-14H,2,6,11-12H2,1H3,(H,26,29). The highest BCUT2D eigenvalue weighted by Gasteiger charge is 2.34. The number of nitrogens with zero attached hydrogens (tertiary/aromatic N) is 2. The highest BCUT2D eigenvalue weighted by molar-refractivity contribution is 7.15. The Labute approximate surface area is 209 Å². The quantitative estimate of drug-likeness (QED) is 0.195. The molecule has 184 valence electrons. The monoisotopic (exact) mass is 507 g/mol. The molecular formula is C25H21N3O7S. The molecule has 0 atom stereocenters. The second-order valence-electron chi connectivity index (χ2n) is 7.84. The Hall–Kier alpha value is -4.38. The maximum absolute atomic E-state index is 12.7. The first-order valence-corrected chi connectivity index (χ1v) is 12.0. The molecular weight excluding hydrogens is 486 g/mol. The van der Waals surface area contributed by atoms with Crippen molar-refractivity contribution < 1.29 is 28.8 Å². The van der Waals surface area contributed by atoms with Crippen LogP contribution in [0.1, 0.15) is 50.8 Å². The van der Waals surface area contributed by atoms with Gasteiger partial charge in [0.1, 0.15) is 10.6 Å². The van der Waals surface area contributed by atoms with Gasteiger partial charge in [-0.3, -0.25) is 29.4 Å². The first kappa shape index (κ1) is 24.7. The van der Waals surface area contributed by atoms with Crippen LogP contribution in [0.4, 0.5) is 10.7 Å². The Morgan fingerprint density at radius 2 is 1.75 bits per heavy atom. The summed E-state index contributed by atoms with van der Waals surface area (Å²) in [5, 5.41) is 15.7. The van der Waals surface area contributed by atoms with E-state index in [1.807, 2.05) is 0 Å². The largest absolute Gasteiger partial charge is 0.462 e. The van der Waals surface area contributed by atoms with Crippen molar-refractivity contribution >= 4 is 45.7 Å². The third-order valence-corrected chi connectivity index (χ3v) is 6.45. The van der Waals surface area contributed by atoms with E-state index >= 15 is 0 Å². The molecule has 0 bridgehead atoms. The lowest BCUT2D eigenvalue weighted by atomic mass is 10.0. The summed E-state index contributed by atoms with van der Waals surface area (Å²) in [4.78, 5) is 62.1. The Morgan fingerprint density at radius 1 is 1.06 bits per heavy atom. The van der Waals surface area contributed by atoms with Gasteiger partial charge in [-0.25, -0.2) is 4.79 Å². The van der Waals surface area contributed by atoms with Crippen molar-refractivity contribution in [3.63, 3.8) is 0 Å². The number of fused-ring (bicyclic) bond motifs is 1. The molecule has 11 heteroatoms. The molecule has 2 heterocycles. The van der Waals surface area contributed by atoms with Crippen LogP contribution in [0.15, 0.2) is 53.9 Å². The summed E-state index contributed by atoms with van der Waals surface area (Å²) in [6, 6.07) is 12.4. The number of thiophene rings is 1. The maximum atomic E-state index is 12.7. The number of ether oxygens (including phenoxy) is 1. The fourth-order valence-electron chi connectivity index (χ4n) is 3.88. The fourth-order valence-corrected chi connectivity index (χ4v) is 4.86. The van der Waals surface area contributed by atoms with Crippen LogP contribution < -0.4 is 5.32 Å². The number of nitro groups is 1. The van der Waals surface area contributed by atoms with E-state index < -0.39 is 16.8 Å². The van der Waals surface area contributed by atoms with Crippen molar-refractivity contribution in [2.24, 2.45) is 0 Å². The molecule has 0 spiro atoms. The SMILES string of the molecule is CCOC(=O)c1c(-c2cccc([N+](=O)[O-])c2)csc1NC(=O)CCCN1C(=O)c2ccccc2C1=O. The van der Waals surface area contributed by atoms with Gasteiger partial charge in [-0.15, -0.1) is 11.3 Å². The van der Waals surface area contributed by atoms with Crippen molar-refractivity contribution in [3.05, 3.63) is 80.7 Å². The molecule has 1 aliphatic heterocycles. The molecule has 0 unspecified atom stereocenters. The number of imide groups is 1. The maximum Gasteiger partial charge on any atom is 0.341 e. The number of benzene rings is 2. The summed E-state index contributed by atoms with van der Waals surface area (Å²) in [6.07, 6.45) is 0.231. The van der Waals surface area contributed by atoms with E-state index in [9.17, 15) is 29.3 Å². The molecule has 0 saturated carbocycles. The molecule has 3 aromatic rings. The topological polar surface area (TPSA) is 136 Å². The minimum absolute atomic E-state index is 0.000285. The van der Waals surface area contributed by atoms with Gasteiger partial charge in [0.25, 0.3) is 17.5 Å². The van der Waals surface area contributed by atoms with Crippen LogP contribution in [0.25, 0.3) is 11.1 Å². The Balaban J connectivity index is 1.46. The smallest absolute Gasteiger partial charge is 0.341 e. The van der Waals surface area contributed by atoms with Gasteiger partial charge in [0, 0.05) is 36.0 Å². The van der Waals surface area contributed by atoms with Crippen LogP contribution in [0.2, 0.25) is 0 Å². The number of carbonyl (C=O) groups is 4. The number of hydrogen-bond donors (Lipinski definition) is 1. The highest BCUT2D eigenvalue weighted by atomic mass is 32.1. The van der Waals surface area contributed by atoms with E-state index in [2.05, 4.69) is 5.32 Å². The summed E-state index contributed by atoms with van der Waals surface area (Å²) >= 11 is 1.10. The van der Waals surface area contributed by atoms with Crippen LogP contribution in [-0.2, 0) is 9.53 Å². The first-order chi connectivity index (χ1) is 17.3. The van der Waals surface area contributed by atoms with Crippen molar-refractivity contribution in [2.75, 3.05) is 18.5 Å². The normalized spacial score (nSPS) is 12.4. The Kier molecular flexibility index (Phi) is 7.20. The number of rotatable bonds is 9. The number of nitrogens with one attached hydrogen (secondary N) is 1. The highest BCUT2D eigenvalue weighted by Crippen LogP contribution is 2.37. The zero-order chi connectivity index (χ0) is 25.8. The van der Waals surface area contributed by atoms with Crippen LogP contribution in [0, 0.1) is 10.1 Å². The van der Waals surface area contributed by atoms with Gasteiger partial charge in [-0.1, -0.05) is 24.3 Å². The summed E-state index contributed by atoms with van der Waals surface area (Å²) in [6.45, 7) is 1.83. The summed E-state index contributed by atoms with van der Waals surface area (Å²) in [5.74, 6) is -1.85. The molecule has 1 aromatic heterocycles. The molecule has 2 aromatic carbocycles. The lowest BCUT2D eigenvalue weighted by molar-refractivity contribution is -0.384. The van der Waals surface area contributed by atoms with Gasteiger partial charge < -0.3 is 10.1 Å². The van der Waals surface area contributed by atoms with Gasteiger partial charge in [-0.05, 0) is 31.0 Å². The molecule has 36 heavy (non-hydrogen) atoms. The predicted octanol–water partition coefficient (Wildman–Crippen LogP) is 4.51. The van der Waals surface area contributed by atoms with E-state index in [1.165, 1.54) is 18.2 Å². The molecule has 10 nitrogen and oxygen atoms in total. The summed E-state index contributed by atoms with van der Waals surface area (Å²) in [7, 11) is 0. The molecule has 4 rings (SSSR count). The van der Waals surface area contributed by atoms with Gasteiger partial charge in [0.15, 0.2) is 0 Å². The van der Waals surface area contributed by atoms with Crippen molar-refractivity contribution in [3.8, 4) is 11.1 Å². The number of nitro benzene ring substituents is 1. The second-order valence-corrected chi connectivity index (χ2v) is 8.72. The first-order valence-electron chi connectivity index (χ1n) is 11.1. The minimum Gasteiger partial charge on any atom is -0.462 e. The van der Waals surface area contributed by atoms with Crippen molar-refractivity contribution in [2.45, 2.75) is 19.8 Å². The van der Waals surface area contributed by atoms with Gasteiger partial charge in [-0.2, -0.15) is 0 Å². The van der Waals surface area contributed by atoms with Crippen LogP contribution in [-0.4, -0.2) is 46.7 Å². The van der Waals surface area contributed by atoms with E-state index in [4.69, 9.17) is 4.74 Å². The lowest BCUT2D eigenvalue weighted by Gasteiger charge is -2.13. The van der Waals surface area contributed by atoms with Crippen molar-refractivity contribution in [1.82, 2.24) is 4.90 Å². The molecule has 1 aliphatic rings. The third-order valence-electron chi connectivity index (χ3n) is 5.56. The zero-order valence-electron chi connectivity index (χ0n) is 19.2. The Morgan fingerprint density at radius 3 is 2.39 bits per heavy atom. The van der Waals surface area contributed by atoms with E-state index in [0.717, 1.165) is 16.2 Å². The van der Waals surface area contributed by atoms with E-state index in [-0.39, 0.29) is 54.1 Å². The van der Waals surface area contributed by atoms with Crippen LogP contribution in [0.3, 0.4) is 0 Å². The Bertz CT molecular complexity index is 1350. The molecule has 0 radical (unpaired) electrons. The number of anilines is 1. The van der Waals surface area contributed by atoms with E-state index in [1.54, 1.807) is 42.6 Å². The molecule has 3 amide bonds. The second kappa shape index (κ2) is 10.5. The number of amides is 3. The molecule has 0 aliphatic carbocycles. The van der Waals surface area contributed by atoms with Gasteiger partial charge in [0.2, 0.25) is 5.91 Å². The summed E-state index contributed by atoms with van der Waals surface area (Å²) < 4.78 is 5.15. The average molecular weight is 508 g/mol. The predicted molar refractivity (Wildman–Crippen MR) is 132 cm³/mol. The lowest BCUT2D eigenvalue weighted by Crippen LogP contribution is -2.31. The number of carbonyl (C=O) groups excluding carboxylic acids is 4. The third kappa shape index (κ3) is 4.86. The number of hydrogen-bond acceptors (Lipinski definition) is 8. The molecule has 1 N–H and O–H groups in total. The zero-order valence-corrected chi connectivity index (χ0v) is 20.0. The fraction of sp³-hybridized carbons (Fsp3) is 0.200. The van der Waals surface area contributed by atoms with E-state index in [0.29, 0.717) is 22.3 Å².